The van der Waals surface area contributed by atoms with E-state index in [9.17, 15) is 4.79 Å². The van der Waals surface area contributed by atoms with E-state index in [1.807, 2.05) is 24.4 Å². The lowest BCUT2D eigenvalue weighted by atomic mass is 10.3. The summed E-state index contributed by atoms with van der Waals surface area (Å²) >= 11 is 1.42. The van der Waals surface area contributed by atoms with Crippen LogP contribution in [0.3, 0.4) is 0 Å². The Morgan fingerprint density at radius 1 is 1.53 bits per heavy atom. The minimum atomic E-state index is 0.0134. The molecule has 0 N–H and O–H groups in total. The van der Waals surface area contributed by atoms with E-state index >= 15 is 0 Å². The maximum Gasteiger partial charge on any atom is 0.266 e. The molecular weight excluding hydrogens is 234 g/mol. The van der Waals surface area contributed by atoms with Crippen molar-refractivity contribution in [1.82, 2.24) is 9.47 Å². The van der Waals surface area contributed by atoms with E-state index in [4.69, 9.17) is 0 Å². The lowest BCUT2D eigenvalue weighted by Gasteiger charge is -2.05. The predicted molar refractivity (Wildman–Crippen MR) is 71.8 cm³/mol. The number of amides is 1. The fraction of sp³-hybridized carbons (Fsp3) is 0.333. The van der Waals surface area contributed by atoms with Crippen LogP contribution < -0.4 is 0 Å². The molecule has 1 fully saturated rings. The van der Waals surface area contributed by atoms with Gasteiger partial charge in [-0.3, -0.25) is 14.7 Å². The molecule has 1 aromatic heterocycles. The first-order chi connectivity index (χ1) is 8.17. The van der Waals surface area contributed by atoms with Crippen LogP contribution in [0, 0.1) is 0 Å². The van der Waals surface area contributed by atoms with Crippen molar-refractivity contribution in [3.63, 3.8) is 0 Å². The van der Waals surface area contributed by atoms with E-state index in [1.54, 1.807) is 19.0 Å². The molecule has 1 aliphatic heterocycles. The predicted octanol–water partition coefficient (Wildman–Crippen LogP) is 2.04. The van der Waals surface area contributed by atoms with Crippen molar-refractivity contribution in [2.75, 3.05) is 14.1 Å². The number of rotatable bonds is 2. The number of aliphatic imine (C=N–C) groups is 1. The Bertz CT molecular complexity index is 502. The average molecular weight is 249 g/mol. The molecule has 1 saturated heterocycles. The van der Waals surface area contributed by atoms with Crippen LogP contribution in [0.2, 0.25) is 0 Å². The second kappa shape index (κ2) is 4.79. The van der Waals surface area contributed by atoms with E-state index in [1.165, 1.54) is 11.8 Å². The van der Waals surface area contributed by atoms with E-state index in [0.717, 1.165) is 22.3 Å². The first-order valence-corrected chi connectivity index (χ1v) is 6.28. The monoisotopic (exact) mass is 249 g/mol. The third-order valence-corrected chi connectivity index (χ3v) is 3.83. The van der Waals surface area contributed by atoms with Crippen molar-refractivity contribution in [3.05, 3.63) is 28.9 Å². The Hall–Kier alpha value is -1.49. The van der Waals surface area contributed by atoms with Crippen molar-refractivity contribution >= 4 is 28.9 Å². The van der Waals surface area contributed by atoms with Crippen LogP contribution >= 0.6 is 11.8 Å². The fourth-order valence-electron chi connectivity index (χ4n) is 1.73. The molecule has 2 rings (SSSR count). The SMILES string of the molecule is CCn1cccc1/C=C1\SC(=NC)N(C)C1=O. The van der Waals surface area contributed by atoms with Gasteiger partial charge in [0.2, 0.25) is 0 Å². The van der Waals surface area contributed by atoms with Gasteiger partial charge in [0.15, 0.2) is 5.17 Å². The maximum atomic E-state index is 11.9. The number of carbonyl (C=O) groups excluding carboxylic acids is 1. The van der Waals surface area contributed by atoms with Gasteiger partial charge in [-0.05, 0) is 36.9 Å². The molecule has 0 radical (unpaired) electrons. The Morgan fingerprint density at radius 3 is 2.88 bits per heavy atom. The Balaban J connectivity index is 2.33. The summed E-state index contributed by atoms with van der Waals surface area (Å²) in [6.45, 7) is 2.98. The number of hydrogen-bond acceptors (Lipinski definition) is 3. The number of likely N-dealkylation sites (N-methyl/N-ethyl adjacent to an activating group) is 1. The molecule has 0 bridgehead atoms. The van der Waals surface area contributed by atoms with E-state index < -0.39 is 0 Å². The molecular formula is C12H15N3OS. The topological polar surface area (TPSA) is 37.6 Å². The number of thioether (sulfide) groups is 1. The zero-order valence-electron chi connectivity index (χ0n) is 10.2. The first kappa shape index (κ1) is 12.0. The van der Waals surface area contributed by atoms with Crippen molar-refractivity contribution in [1.29, 1.82) is 0 Å². The second-order valence-corrected chi connectivity index (χ2v) is 4.71. The number of nitrogens with zero attached hydrogens (tertiary/aromatic N) is 3. The zero-order chi connectivity index (χ0) is 12.4. The highest BCUT2D eigenvalue weighted by Crippen LogP contribution is 2.31. The molecule has 5 heteroatoms. The third-order valence-electron chi connectivity index (χ3n) is 2.68. The minimum Gasteiger partial charge on any atom is -0.348 e. The van der Waals surface area contributed by atoms with Crippen molar-refractivity contribution in [2.24, 2.45) is 4.99 Å². The summed E-state index contributed by atoms with van der Waals surface area (Å²) in [5, 5.41) is 0.746. The molecule has 17 heavy (non-hydrogen) atoms. The van der Waals surface area contributed by atoms with Crippen LogP contribution in [0.15, 0.2) is 28.2 Å². The van der Waals surface area contributed by atoms with Gasteiger partial charge in [0.25, 0.3) is 5.91 Å². The molecule has 0 aromatic carbocycles. The van der Waals surface area contributed by atoms with Crippen molar-refractivity contribution in [2.45, 2.75) is 13.5 Å². The Kier molecular flexibility index (Phi) is 3.38. The van der Waals surface area contributed by atoms with Crippen LogP contribution in [0.4, 0.5) is 0 Å². The van der Waals surface area contributed by atoms with Gasteiger partial charge >= 0.3 is 0 Å². The molecule has 0 saturated carbocycles. The van der Waals surface area contributed by atoms with Gasteiger partial charge < -0.3 is 4.57 Å². The number of amidine groups is 1. The van der Waals surface area contributed by atoms with Gasteiger partial charge in [-0.1, -0.05) is 0 Å². The van der Waals surface area contributed by atoms with Gasteiger partial charge in [-0.15, -0.1) is 0 Å². The summed E-state index contributed by atoms with van der Waals surface area (Å²) in [4.78, 5) is 18.3. The van der Waals surface area contributed by atoms with Crippen LogP contribution in [-0.2, 0) is 11.3 Å². The third kappa shape index (κ3) is 2.15. The van der Waals surface area contributed by atoms with Gasteiger partial charge in [-0.2, -0.15) is 0 Å². The molecule has 1 aromatic rings. The maximum absolute atomic E-state index is 11.9. The van der Waals surface area contributed by atoms with Gasteiger partial charge in [0.1, 0.15) is 0 Å². The van der Waals surface area contributed by atoms with Gasteiger partial charge in [0.05, 0.1) is 4.91 Å². The Labute approximate surface area is 105 Å². The zero-order valence-corrected chi connectivity index (χ0v) is 11.0. The van der Waals surface area contributed by atoms with Crippen LogP contribution in [-0.4, -0.2) is 34.6 Å². The number of aryl methyl sites for hydroxylation is 1. The van der Waals surface area contributed by atoms with Gasteiger partial charge in [0, 0.05) is 32.5 Å². The summed E-state index contributed by atoms with van der Waals surface area (Å²) in [5.74, 6) is 0.0134. The Morgan fingerprint density at radius 2 is 2.29 bits per heavy atom. The quantitative estimate of drug-likeness (QED) is 0.752. The van der Waals surface area contributed by atoms with Crippen molar-refractivity contribution < 1.29 is 4.79 Å². The first-order valence-electron chi connectivity index (χ1n) is 5.47. The lowest BCUT2D eigenvalue weighted by molar-refractivity contribution is -0.121. The summed E-state index contributed by atoms with van der Waals surface area (Å²) in [5.41, 5.74) is 1.05. The number of hydrogen-bond donors (Lipinski definition) is 0. The minimum absolute atomic E-state index is 0.0134. The molecule has 4 nitrogen and oxygen atoms in total. The molecule has 0 atom stereocenters. The summed E-state index contributed by atoms with van der Waals surface area (Å²) in [7, 11) is 3.45. The second-order valence-electron chi connectivity index (χ2n) is 3.70. The highest BCUT2D eigenvalue weighted by Gasteiger charge is 2.29. The standard InChI is InChI=1S/C12H15N3OS/c1-4-15-7-5-6-9(15)8-10-11(16)14(3)12(13-2)17-10/h5-8H,4H2,1-3H3/b10-8-,13-12?. The number of carbonyl (C=O) groups is 1. The average Bonchev–Trinajstić information content (AvgIpc) is 2.89. The van der Waals surface area contributed by atoms with E-state index in [0.29, 0.717) is 0 Å². The largest absolute Gasteiger partial charge is 0.348 e. The molecule has 0 aliphatic carbocycles. The summed E-state index contributed by atoms with van der Waals surface area (Å²) in [6.07, 6.45) is 3.93. The van der Waals surface area contributed by atoms with Crippen LogP contribution in [0.1, 0.15) is 12.6 Å². The normalized spacial score (nSPS) is 20.9. The highest BCUT2D eigenvalue weighted by molar-refractivity contribution is 8.18. The fourth-order valence-corrected chi connectivity index (χ4v) is 2.64. The van der Waals surface area contributed by atoms with Crippen molar-refractivity contribution in [3.8, 4) is 0 Å². The number of aromatic nitrogens is 1. The van der Waals surface area contributed by atoms with Crippen LogP contribution in [0.5, 0.6) is 0 Å². The highest BCUT2D eigenvalue weighted by atomic mass is 32.2. The molecule has 2 heterocycles. The molecule has 1 aliphatic rings. The smallest absolute Gasteiger partial charge is 0.266 e. The van der Waals surface area contributed by atoms with E-state index in [2.05, 4.69) is 16.5 Å². The van der Waals surface area contributed by atoms with E-state index in [-0.39, 0.29) is 5.91 Å². The summed E-state index contributed by atoms with van der Waals surface area (Å²) < 4.78 is 2.10. The molecule has 90 valence electrons. The summed E-state index contributed by atoms with van der Waals surface area (Å²) in [6, 6.07) is 3.99. The molecule has 0 unspecified atom stereocenters. The molecule has 1 amide bonds. The lowest BCUT2D eigenvalue weighted by Crippen LogP contribution is -2.23. The van der Waals surface area contributed by atoms with Crippen LogP contribution in [0.25, 0.3) is 6.08 Å². The molecule has 0 spiro atoms. The van der Waals surface area contributed by atoms with Gasteiger partial charge in [-0.25, -0.2) is 0 Å².